The van der Waals surface area contributed by atoms with E-state index in [0.717, 1.165) is 19.6 Å². The summed E-state index contributed by atoms with van der Waals surface area (Å²) in [5, 5.41) is 3.46. The summed E-state index contributed by atoms with van der Waals surface area (Å²) in [6.45, 7) is 12.3. The molecule has 1 aliphatic rings. The lowest BCUT2D eigenvalue weighted by Gasteiger charge is -2.23. The van der Waals surface area contributed by atoms with Gasteiger partial charge in [-0.25, -0.2) is 0 Å². The highest BCUT2D eigenvalue weighted by atomic mass is 16.5. The average molecular weight is 183 g/mol. The second-order valence-electron chi connectivity index (χ2n) is 4.02. The van der Waals surface area contributed by atoms with E-state index < -0.39 is 0 Å². The molecule has 1 saturated heterocycles. The number of rotatable bonds is 4. The smallest absolute Gasteiger partial charge is 0.0551 e. The fourth-order valence-electron chi connectivity index (χ4n) is 2.05. The van der Waals surface area contributed by atoms with E-state index in [4.69, 9.17) is 4.74 Å². The van der Waals surface area contributed by atoms with Crippen molar-refractivity contribution in [3.63, 3.8) is 0 Å². The van der Waals surface area contributed by atoms with Gasteiger partial charge in [0.05, 0.1) is 12.7 Å². The quantitative estimate of drug-likeness (QED) is 0.673. The van der Waals surface area contributed by atoms with E-state index >= 15 is 0 Å². The van der Waals surface area contributed by atoms with Crippen molar-refractivity contribution in [3.8, 4) is 0 Å². The number of nitrogens with one attached hydrogen (secondary N) is 1. The highest BCUT2D eigenvalue weighted by Gasteiger charge is 2.29. The van der Waals surface area contributed by atoms with Crippen molar-refractivity contribution in [1.29, 1.82) is 0 Å². The molecule has 1 fully saturated rings. The summed E-state index contributed by atoms with van der Waals surface area (Å²) < 4.78 is 5.56. The molecule has 0 spiro atoms. The molecule has 76 valence electrons. The van der Waals surface area contributed by atoms with Gasteiger partial charge in [-0.05, 0) is 26.8 Å². The van der Waals surface area contributed by atoms with E-state index in [1.54, 1.807) is 0 Å². The van der Waals surface area contributed by atoms with Crippen LogP contribution in [0.5, 0.6) is 0 Å². The molecule has 0 saturated carbocycles. The Bertz CT molecular complexity index is 179. The second kappa shape index (κ2) is 4.77. The Labute approximate surface area is 81.4 Å². The van der Waals surface area contributed by atoms with E-state index in [2.05, 4.69) is 32.7 Å². The molecule has 0 aromatic carbocycles. The first-order valence-corrected chi connectivity index (χ1v) is 5.15. The third kappa shape index (κ3) is 2.82. The molecule has 3 atom stereocenters. The highest BCUT2D eigenvalue weighted by Crippen LogP contribution is 2.25. The molecule has 2 heteroatoms. The molecule has 0 aromatic heterocycles. The molecular weight excluding hydrogens is 162 g/mol. The fraction of sp³-hybridized carbons (Fsp3) is 0.818. The first-order valence-electron chi connectivity index (χ1n) is 5.15. The lowest BCUT2D eigenvalue weighted by molar-refractivity contribution is 0.118. The summed E-state index contributed by atoms with van der Waals surface area (Å²) in [6, 6.07) is 0.440. The van der Waals surface area contributed by atoms with Crippen LogP contribution in [0, 0.1) is 5.92 Å². The molecule has 0 amide bonds. The highest BCUT2D eigenvalue weighted by molar-refractivity contribution is 5.05. The van der Waals surface area contributed by atoms with Crippen molar-refractivity contribution in [1.82, 2.24) is 5.32 Å². The summed E-state index contributed by atoms with van der Waals surface area (Å²) in [7, 11) is 0. The molecule has 1 N–H and O–H groups in total. The second-order valence-corrected chi connectivity index (χ2v) is 4.02. The van der Waals surface area contributed by atoms with Gasteiger partial charge in [0, 0.05) is 12.0 Å². The average Bonchev–Trinajstić information content (AvgIpc) is 2.46. The van der Waals surface area contributed by atoms with Crippen LogP contribution in [0.2, 0.25) is 0 Å². The Balaban J connectivity index is 2.49. The minimum absolute atomic E-state index is 0.422. The third-order valence-electron chi connectivity index (χ3n) is 2.66. The minimum atomic E-state index is 0.422. The van der Waals surface area contributed by atoms with Crippen molar-refractivity contribution >= 4 is 0 Å². The van der Waals surface area contributed by atoms with Crippen molar-refractivity contribution < 1.29 is 4.74 Å². The molecule has 0 radical (unpaired) electrons. The van der Waals surface area contributed by atoms with Crippen LogP contribution in [0.4, 0.5) is 0 Å². The molecule has 1 rings (SSSR count). The van der Waals surface area contributed by atoms with Gasteiger partial charge in [0.25, 0.3) is 0 Å². The van der Waals surface area contributed by atoms with E-state index in [-0.39, 0.29) is 0 Å². The summed E-state index contributed by atoms with van der Waals surface area (Å²) in [5.41, 5.74) is 1.23. The molecule has 0 aliphatic carbocycles. The number of likely N-dealkylation sites (N-methyl/N-ethyl adjacent to an activating group) is 1. The standard InChI is InChI=1S/C11H21NO/c1-5-12-11(8(2)3)10-6-9(4)13-7-10/h9-12H,2,5-7H2,1,3-4H3. The van der Waals surface area contributed by atoms with Crippen LogP contribution in [0.1, 0.15) is 27.2 Å². The Morgan fingerprint density at radius 1 is 1.69 bits per heavy atom. The van der Waals surface area contributed by atoms with Gasteiger partial charge in [-0.3, -0.25) is 0 Å². The van der Waals surface area contributed by atoms with Gasteiger partial charge in [-0.1, -0.05) is 19.1 Å². The SMILES string of the molecule is C=C(C)C(NCC)C1COC(C)C1. The van der Waals surface area contributed by atoms with Crippen LogP contribution in [-0.2, 0) is 4.74 Å². The Kier molecular flexibility index (Phi) is 3.94. The van der Waals surface area contributed by atoms with Gasteiger partial charge in [-0.15, -0.1) is 0 Å². The number of ether oxygens (including phenoxy) is 1. The Morgan fingerprint density at radius 2 is 2.38 bits per heavy atom. The lowest BCUT2D eigenvalue weighted by Crippen LogP contribution is -2.37. The topological polar surface area (TPSA) is 21.3 Å². The van der Waals surface area contributed by atoms with Crippen LogP contribution < -0.4 is 5.32 Å². The van der Waals surface area contributed by atoms with E-state index in [9.17, 15) is 0 Å². The maximum absolute atomic E-state index is 5.56. The third-order valence-corrected chi connectivity index (χ3v) is 2.66. The van der Waals surface area contributed by atoms with Crippen molar-refractivity contribution in [2.24, 2.45) is 5.92 Å². The zero-order chi connectivity index (χ0) is 9.84. The summed E-state index contributed by atoms with van der Waals surface area (Å²) >= 11 is 0. The molecule has 2 nitrogen and oxygen atoms in total. The maximum atomic E-state index is 5.56. The fourth-order valence-corrected chi connectivity index (χ4v) is 2.05. The number of hydrogen-bond acceptors (Lipinski definition) is 2. The lowest BCUT2D eigenvalue weighted by atomic mass is 9.92. The normalized spacial score (nSPS) is 30.4. The maximum Gasteiger partial charge on any atom is 0.0551 e. The first kappa shape index (κ1) is 10.7. The first-order chi connectivity index (χ1) is 6.15. The predicted molar refractivity (Wildman–Crippen MR) is 55.8 cm³/mol. The van der Waals surface area contributed by atoms with E-state index in [1.807, 2.05) is 0 Å². The van der Waals surface area contributed by atoms with Gasteiger partial charge in [0.2, 0.25) is 0 Å². The zero-order valence-electron chi connectivity index (χ0n) is 8.97. The Morgan fingerprint density at radius 3 is 2.77 bits per heavy atom. The molecule has 0 bridgehead atoms. The van der Waals surface area contributed by atoms with Crippen molar-refractivity contribution in [2.75, 3.05) is 13.2 Å². The van der Waals surface area contributed by atoms with Crippen LogP contribution in [0.3, 0.4) is 0 Å². The molecule has 13 heavy (non-hydrogen) atoms. The van der Waals surface area contributed by atoms with Crippen LogP contribution >= 0.6 is 0 Å². The van der Waals surface area contributed by atoms with Crippen LogP contribution in [-0.4, -0.2) is 25.3 Å². The molecule has 1 heterocycles. The largest absolute Gasteiger partial charge is 0.378 e. The van der Waals surface area contributed by atoms with Gasteiger partial charge < -0.3 is 10.1 Å². The van der Waals surface area contributed by atoms with Gasteiger partial charge in [-0.2, -0.15) is 0 Å². The van der Waals surface area contributed by atoms with E-state index in [0.29, 0.717) is 18.1 Å². The minimum Gasteiger partial charge on any atom is -0.378 e. The molecule has 0 aromatic rings. The van der Waals surface area contributed by atoms with Crippen molar-refractivity contribution in [2.45, 2.75) is 39.3 Å². The zero-order valence-corrected chi connectivity index (χ0v) is 8.97. The molecule has 3 unspecified atom stereocenters. The van der Waals surface area contributed by atoms with Crippen molar-refractivity contribution in [3.05, 3.63) is 12.2 Å². The number of hydrogen-bond donors (Lipinski definition) is 1. The molecule has 1 aliphatic heterocycles. The molecular formula is C11H21NO. The van der Waals surface area contributed by atoms with Gasteiger partial charge >= 0.3 is 0 Å². The summed E-state index contributed by atoms with van der Waals surface area (Å²) in [6.07, 6.45) is 1.58. The van der Waals surface area contributed by atoms with Crippen LogP contribution in [0.25, 0.3) is 0 Å². The Hall–Kier alpha value is -0.340. The van der Waals surface area contributed by atoms with Gasteiger partial charge in [0.1, 0.15) is 0 Å². The van der Waals surface area contributed by atoms with E-state index in [1.165, 1.54) is 5.57 Å². The summed E-state index contributed by atoms with van der Waals surface area (Å²) in [4.78, 5) is 0. The van der Waals surface area contributed by atoms with Gasteiger partial charge in [0.15, 0.2) is 0 Å². The summed E-state index contributed by atoms with van der Waals surface area (Å²) in [5.74, 6) is 0.618. The predicted octanol–water partition coefficient (Wildman–Crippen LogP) is 1.97. The van der Waals surface area contributed by atoms with Crippen LogP contribution in [0.15, 0.2) is 12.2 Å². The monoisotopic (exact) mass is 183 g/mol.